The third-order valence-corrected chi connectivity index (χ3v) is 4.01. The predicted molar refractivity (Wildman–Crippen MR) is 80.8 cm³/mol. The zero-order chi connectivity index (χ0) is 14.7. The van der Waals surface area contributed by atoms with Crippen LogP contribution in [0.4, 0.5) is 0 Å². The van der Waals surface area contributed by atoms with E-state index in [0.717, 1.165) is 22.2 Å². The number of methoxy groups -OCH3 is 1. The molecule has 2 atom stereocenters. The van der Waals surface area contributed by atoms with Gasteiger partial charge in [0.1, 0.15) is 11.8 Å². The van der Waals surface area contributed by atoms with E-state index in [2.05, 4.69) is 21.2 Å². The lowest BCUT2D eigenvalue weighted by atomic mass is 9.96. The van der Waals surface area contributed by atoms with Crippen molar-refractivity contribution in [1.82, 2.24) is 5.32 Å². The summed E-state index contributed by atoms with van der Waals surface area (Å²) in [6, 6.07) is 5.75. The van der Waals surface area contributed by atoms with Gasteiger partial charge >= 0.3 is 5.97 Å². The molecule has 2 rings (SSSR count). The molecule has 20 heavy (non-hydrogen) atoms. The molecule has 0 bridgehead atoms. The second-order valence-corrected chi connectivity index (χ2v) is 6.20. The Hall–Kier alpha value is -1.07. The Balaban J connectivity index is 2.22. The van der Waals surface area contributed by atoms with Crippen LogP contribution in [0.25, 0.3) is 0 Å². The molecule has 0 amide bonds. The van der Waals surface area contributed by atoms with Crippen molar-refractivity contribution in [3.8, 4) is 5.75 Å². The number of ether oxygens (including phenoxy) is 2. The molecule has 1 aromatic rings. The van der Waals surface area contributed by atoms with Gasteiger partial charge < -0.3 is 9.47 Å². The third-order valence-electron chi connectivity index (χ3n) is 3.51. The number of esters is 1. The Bertz CT molecular complexity index is 490. The van der Waals surface area contributed by atoms with Crippen LogP contribution in [0.5, 0.6) is 5.75 Å². The second kappa shape index (κ2) is 6.59. The van der Waals surface area contributed by atoms with Gasteiger partial charge in [-0.25, -0.2) is 0 Å². The maximum Gasteiger partial charge on any atom is 0.323 e. The molecule has 0 radical (unpaired) electrons. The number of benzene rings is 1. The summed E-state index contributed by atoms with van der Waals surface area (Å²) in [5, 5.41) is 3.41. The van der Waals surface area contributed by atoms with E-state index < -0.39 is 0 Å². The van der Waals surface area contributed by atoms with E-state index >= 15 is 0 Å². The maximum absolute atomic E-state index is 11.9. The van der Waals surface area contributed by atoms with Crippen LogP contribution in [0, 0.1) is 5.92 Å². The minimum atomic E-state index is -0.310. The van der Waals surface area contributed by atoms with E-state index in [1.54, 1.807) is 0 Å². The fraction of sp³-hybridized carbons (Fsp3) is 0.533. The Labute approximate surface area is 128 Å². The van der Waals surface area contributed by atoms with E-state index in [1.807, 2.05) is 32.0 Å². The summed E-state index contributed by atoms with van der Waals surface area (Å²) < 4.78 is 11.6. The van der Waals surface area contributed by atoms with Crippen LogP contribution >= 0.6 is 15.9 Å². The van der Waals surface area contributed by atoms with Gasteiger partial charge in [-0.2, -0.15) is 0 Å². The van der Waals surface area contributed by atoms with Gasteiger partial charge in [0.25, 0.3) is 0 Å². The lowest BCUT2D eigenvalue weighted by molar-refractivity contribution is -0.144. The van der Waals surface area contributed by atoms with Crippen molar-refractivity contribution in [3.63, 3.8) is 0 Å². The normalized spacial score (nSPS) is 19.1. The lowest BCUT2D eigenvalue weighted by Gasteiger charge is -2.31. The number of carbonyl (C=O) groups excluding carboxylic acids is 1. The number of halogens is 1. The van der Waals surface area contributed by atoms with Crippen LogP contribution in [0.15, 0.2) is 22.7 Å². The first-order chi connectivity index (χ1) is 9.52. The molecule has 1 unspecified atom stereocenters. The molecular formula is C15H20BrNO3. The first-order valence-electron chi connectivity index (χ1n) is 6.79. The lowest BCUT2D eigenvalue weighted by Crippen LogP contribution is -2.44. The van der Waals surface area contributed by atoms with Gasteiger partial charge in [0.05, 0.1) is 13.7 Å². The van der Waals surface area contributed by atoms with Crippen molar-refractivity contribution in [2.45, 2.75) is 32.4 Å². The van der Waals surface area contributed by atoms with Crippen molar-refractivity contribution in [3.05, 3.63) is 28.2 Å². The minimum Gasteiger partial charge on any atom is -0.493 e. The van der Waals surface area contributed by atoms with Crippen LogP contribution in [0.1, 0.15) is 31.9 Å². The highest BCUT2D eigenvalue weighted by Crippen LogP contribution is 2.34. The first kappa shape index (κ1) is 15.3. The van der Waals surface area contributed by atoms with Crippen LogP contribution in [-0.2, 0) is 9.53 Å². The van der Waals surface area contributed by atoms with E-state index in [1.165, 1.54) is 7.11 Å². The molecule has 1 aliphatic heterocycles. The third kappa shape index (κ3) is 3.33. The van der Waals surface area contributed by atoms with Crippen LogP contribution < -0.4 is 10.1 Å². The molecule has 1 heterocycles. The first-order valence-corrected chi connectivity index (χ1v) is 7.58. The van der Waals surface area contributed by atoms with E-state index in [0.29, 0.717) is 6.61 Å². The minimum absolute atomic E-state index is 0.0998. The molecule has 1 aliphatic rings. The number of rotatable bonds is 4. The fourth-order valence-corrected chi connectivity index (χ4v) is 2.79. The molecule has 0 fully saturated rings. The van der Waals surface area contributed by atoms with Crippen LogP contribution in [-0.4, -0.2) is 25.7 Å². The van der Waals surface area contributed by atoms with Gasteiger partial charge in [-0.05, 0) is 24.1 Å². The zero-order valence-electron chi connectivity index (χ0n) is 12.0. The summed E-state index contributed by atoms with van der Waals surface area (Å²) in [4.78, 5) is 11.9. The van der Waals surface area contributed by atoms with Gasteiger partial charge in [-0.15, -0.1) is 0 Å². The summed E-state index contributed by atoms with van der Waals surface area (Å²) in [5.41, 5.74) is 1.08. The molecule has 5 heteroatoms. The van der Waals surface area contributed by atoms with Gasteiger partial charge in [-0.3, -0.25) is 10.1 Å². The zero-order valence-corrected chi connectivity index (χ0v) is 13.6. The van der Waals surface area contributed by atoms with Gasteiger partial charge in [0.15, 0.2) is 0 Å². The Morgan fingerprint density at radius 3 is 2.90 bits per heavy atom. The number of fused-ring (bicyclic) bond motifs is 1. The number of carbonyl (C=O) groups is 1. The van der Waals surface area contributed by atoms with E-state index in [4.69, 9.17) is 9.47 Å². The van der Waals surface area contributed by atoms with E-state index in [9.17, 15) is 4.79 Å². The Morgan fingerprint density at radius 1 is 1.50 bits per heavy atom. The maximum atomic E-state index is 11.9. The van der Waals surface area contributed by atoms with Gasteiger partial charge in [0, 0.05) is 22.5 Å². The van der Waals surface area contributed by atoms with Gasteiger partial charge in [0.2, 0.25) is 0 Å². The van der Waals surface area contributed by atoms with Crippen molar-refractivity contribution in [1.29, 1.82) is 0 Å². The average molecular weight is 342 g/mol. The number of nitrogens with one attached hydrogen (secondary N) is 1. The largest absolute Gasteiger partial charge is 0.493 e. The summed E-state index contributed by atoms with van der Waals surface area (Å²) in [7, 11) is 1.42. The van der Waals surface area contributed by atoms with Crippen molar-refractivity contribution in [2.24, 2.45) is 5.92 Å². The van der Waals surface area contributed by atoms with Crippen LogP contribution in [0.3, 0.4) is 0 Å². The molecule has 0 spiro atoms. The van der Waals surface area contributed by atoms with E-state index in [-0.39, 0.29) is 24.0 Å². The van der Waals surface area contributed by atoms with Gasteiger partial charge in [-0.1, -0.05) is 29.8 Å². The smallest absolute Gasteiger partial charge is 0.323 e. The molecular weight excluding hydrogens is 322 g/mol. The molecule has 0 aliphatic carbocycles. The average Bonchev–Trinajstić information content (AvgIpc) is 2.43. The number of hydrogen-bond acceptors (Lipinski definition) is 4. The summed E-state index contributed by atoms with van der Waals surface area (Å²) in [6.45, 7) is 4.67. The van der Waals surface area contributed by atoms with Crippen molar-refractivity contribution in [2.75, 3.05) is 13.7 Å². The van der Waals surface area contributed by atoms with Crippen molar-refractivity contribution >= 4 is 21.9 Å². The highest BCUT2D eigenvalue weighted by molar-refractivity contribution is 9.10. The Kier molecular flexibility index (Phi) is 5.05. The summed E-state index contributed by atoms with van der Waals surface area (Å²) in [5.74, 6) is 0.827. The topological polar surface area (TPSA) is 47.6 Å². The Morgan fingerprint density at radius 2 is 2.25 bits per heavy atom. The molecule has 1 aromatic carbocycles. The molecule has 0 aromatic heterocycles. The number of hydrogen-bond donors (Lipinski definition) is 1. The second-order valence-electron chi connectivity index (χ2n) is 5.28. The monoisotopic (exact) mass is 341 g/mol. The molecule has 4 nitrogen and oxygen atoms in total. The summed E-state index contributed by atoms with van der Waals surface area (Å²) in [6.07, 6.45) is 0.837. The van der Waals surface area contributed by atoms with Crippen LogP contribution in [0.2, 0.25) is 0 Å². The quantitative estimate of drug-likeness (QED) is 0.855. The SMILES string of the molecule is COC(=O)[C@@H](NC1CCOc2ccc(Br)cc21)C(C)C. The molecule has 0 saturated heterocycles. The summed E-state index contributed by atoms with van der Waals surface area (Å²) >= 11 is 3.48. The van der Waals surface area contributed by atoms with Crippen molar-refractivity contribution < 1.29 is 14.3 Å². The molecule has 0 saturated carbocycles. The standard InChI is InChI=1S/C15H20BrNO3/c1-9(2)14(15(18)19-3)17-12-6-7-20-13-5-4-10(16)8-11(12)13/h4-5,8-9,12,14,17H,6-7H2,1-3H3/t12?,14-/m0/s1. The highest BCUT2D eigenvalue weighted by Gasteiger charge is 2.29. The predicted octanol–water partition coefficient (Wildman–Crippen LogP) is 3.06. The highest BCUT2D eigenvalue weighted by atomic mass is 79.9. The fourth-order valence-electron chi connectivity index (χ4n) is 2.41. The molecule has 1 N–H and O–H groups in total. The molecule has 110 valence electrons.